The van der Waals surface area contributed by atoms with Gasteiger partial charge in [-0.05, 0) is 53.2 Å². The lowest BCUT2D eigenvalue weighted by molar-refractivity contribution is 0.291. The molecule has 0 saturated heterocycles. The molecule has 0 radical (unpaired) electrons. The molecule has 0 unspecified atom stereocenters. The Balaban J connectivity index is 1.64. The third kappa shape index (κ3) is 3.90. The van der Waals surface area contributed by atoms with E-state index in [0.717, 1.165) is 16.8 Å². The van der Waals surface area contributed by atoms with E-state index in [0.29, 0.717) is 16.6 Å². The van der Waals surface area contributed by atoms with Crippen molar-refractivity contribution >= 4 is 17.7 Å². The molecule has 2 aromatic heterocycles. The number of tetrazole rings is 1. The van der Waals surface area contributed by atoms with E-state index in [1.807, 2.05) is 55.6 Å². The van der Waals surface area contributed by atoms with Crippen LogP contribution in [-0.4, -0.2) is 29.6 Å². The maximum atomic E-state index is 12.4. The molecule has 0 saturated carbocycles. The second kappa shape index (κ2) is 8.38. The van der Waals surface area contributed by atoms with Gasteiger partial charge in [0.2, 0.25) is 5.88 Å². The number of ether oxygens (including phenoxy) is 1. The lowest BCUT2D eigenvalue weighted by Gasteiger charge is -2.12. The summed E-state index contributed by atoms with van der Waals surface area (Å²) in [5.41, 5.74) is 2.88. The molecule has 0 aliphatic rings. The molecule has 4 rings (SSSR count). The van der Waals surface area contributed by atoms with Crippen LogP contribution >= 0.6 is 11.6 Å². The van der Waals surface area contributed by atoms with Crippen LogP contribution in [0, 0.1) is 0 Å². The minimum atomic E-state index is -0.333. The van der Waals surface area contributed by atoms with E-state index in [1.165, 1.54) is 9.36 Å². The Labute approximate surface area is 177 Å². The maximum absolute atomic E-state index is 12.4. The molecule has 8 nitrogen and oxygen atoms in total. The highest BCUT2D eigenvalue weighted by molar-refractivity contribution is 6.30. The van der Waals surface area contributed by atoms with Gasteiger partial charge in [0.25, 0.3) is 0 Å². The van der Waals surface area contributed by atoms with Gasteiger partial charge in [0.1, 0.15) is 6.61 Å². The minimum Gasteiger partial charge on any atom is -0.472 e. The average Bonchev–Trinajstić information content (AvgIpc) is 3.35. The van der Waals surface area contributed by atoms with Gasteiger partial charge in [-0.15, -0.1) is 5.10 Å². The van der Waals surface area contributed by atoms with Crippen LogP contribution in [0.2, 0.25) is 5.02 Å². The smallest absolute Gasteiger partial charge is 0.368 e. The van der Waals surface area contributed by atoms with Crippen LogP contribution in [0.1, 0.15) is 18.1 Å². The highest BCUT2D eigenvalue weighted by atomic mass is 35.5. The average molecular weight is 423 g/mol. The molecule has 0 spiro atoms. The number of nitrogens with zero attached hydrogens (tertiary/aromatic N) is 6. The fourth-order valence-electron chi connectivity index (χ4n) is 3.02. The first-order valence-electron chi connectivity index (χ1n) is 9.25. The van der Waals surface area contributed by atoms with Crippen LogP contribution in [0.4, 0.5) is 0 Å². The van der Waals surface area contributed by atoms with Crippen LogP contribution in [0.15, 0.2) is 65.6 Å². The number of allylic oxidation sites excluding steroid dienone is 1. The predicted octanol–water partition coefficient (Wildman–Crippen LogP) is 3.42. The van der Waals surface area contributed by atoms with Crippen LogP contribution in [0.5, 0.6) is 5.88 Å². The molecule has 2 aromatic carbocycles. The topological polar surface area (TPSA) is 79.8 Å². The van der Waals surface area contributed by atoms with Crippen molar-refractivity contribution in [1.82, 2.24) is 29.6 Å². The number of rotatable bonds is 6. The molecule has 0 atom stereocenters. The molecule has 2 heterocycles. The molecule has 0 fully saturated rings. The molecule has 30 heavy (non-hydrogen) atoms. The van der Waals surface area contributed by atoms with E-state index in [9.17, 15) is 4.79 Å². The quantitative estimate of drug-likeness (QED) is 0.475. The normalized spacial score (nSPS) is 11.3. The van der Waals surface area contributed by atoms with Gasteiger partial charge in [-0.2, -0.15) is 9.36 Å². The Bertz CT molecular complexity index is 1250. The van der Waals surface area contributed by atoms with Crippen molar-refractivity contribution in [2.45, 2.75) is 13.5 Å². The van der Waals surface area contributed by atoms with E-state index in [1.54, 1.807) is 29.9 Å². The summed E-state index contributed by atoms with van der Waals surface area (Å²) >= 11 is 5.95. The van der Waals surface area contributed by atoms with Gasteiger partial charge in [-0.3, -0.25) is 0 Å². The van der Waals surface area contributed by atoms with E-state index in [-0.39, 0.29) is 12.3 Å². The minimum absolute atomic E-state index is 0.205. The zero-order valence-electron chi connectivity index (χ0n) is 16.4. The third-order valence-electron chi connectivity index (χ3n) is 4.50. The summed E-state index contributed by atoms with van der Waals surface area (Å²) in [5, 5.41) is 12.9. The monoisotopic (exact) mass is 422 g/mol. The summed E-state index contributed by atoms with van der Waals surface area (Å²) in [6.45, 7) is 2.14. The lowest BCUT2D eigenvalue weighted by Crippen LogP contribution is -2.23. The van der Waals surface area contributed by atoms with Gasteiger partial charge in [0.05, 0.1) is 11.4 Å². The number of aryl methyl sites for hydroxylation is 1. The summed E-state index contributed by atoms with van der Waals surface area (Å²) < 4.78 is 10.1. The second-order valence-electron chi connectivity index (χ2n) is 6.51. The first-order valence-corrected chi connectivity index (χ1v) is 9.63. The van der Waals surface area contributed by atoms with Crippen molar-refractivity contribution in [3.63, 3.8) is 0 Å². The fourth-order valence-corrected chi connectivity index (χ4v) is 3.14. The van der Waals surface area contributed by atoms with E-state index in [2.05, 4.69) is 15.5 Å². The van der Waals surface area contributed by atoms with Gasteiger partial charge in [-0.25, -0.2) is 9.48 Å². The van der Waals surface area contributed by atoms with Crippen molar-refractivity contribution in [2.75, 3.05) is 0 Å². The Hall–Kier alpha value is -3.65. The van der Waals surface area contributed by atoms with Crippen molar-refractivity contribution in [3.05, 3.63) is 87.4 Å². The Kier molecular flexibility index (Phi) is 5.49. The highest BCUT2D eigenvalue weighted by Gasteiger charge is 2.15. The van der Waals surface area contributed by atoms with Crippen molar-refractivity contribution in [2.24, 2.45) is 7.05 Å². The SMILES string of the molecule is CC=Cc1cccc(-n2nnn(C)c2=O)c1COc1ccn(-c2ccc(Cl)cc2)n1. The zero-order valence-corrected chi connectivity index (χ0v) is 17.2. The molecule has 0 N–H and O–H groups in total. The molecular weight excluding hydrogens is 404 g/mol. The van der Waals surface area contributed by atoms with Crippen molar-refractivity contribution < 1.29 is 4.74 Å². The van der Waals surface area contributed by atoms with Gasteiger partial charge >= 0.3 is 5.69 Å². The Morgan fingerprint density at radius 3 is 2.60 bits per heavy atom. The number of hydrogen-bond acceptors (Lipinski definition) is 5. The fraction of sp³-hybridized carbons (Fsp3) is 0.143. The standard InChI is InChI=1S/C21H19ClN6O2/c1-3-5-15-6-4-7-19(28-21(29)26(2)24-25-28)18(15)14-30-20-12-13-27(23-20)17-10-8-16(22)9-11-17/h3-13H,14H2,1-2H3. The summed E-state index contributed by atoms with van der Waals surface area (Å²) in [4.78, 5) is 12.4. The number of benzene rings is 2. The maximum Gasteiger partial charge on any atom is 0.368 e. The van der Waals surface area contributed by atoms with Crippen LogP contribution in [0.25, 0.3) is 17.5 Å². The Morgan fingerprint density at radius 1 is 1.10 bits per heavy atom. The zero-order chi connectivity index (χ0) is 21.1. The van der Waals surface area contributed by atoms with Gasteiger partial charge in [-0.1, -0.05) is 35.9 Å². The summed E-state index contributed by atoms with van der Waals surface area (Å²) in [5.74, 6) is 0.456. The van der Waals surface area contributed by atoms with Gasteiger partial charge in [0.15, 0.2) is 0 Å². The summed E-state index contributed by atoms with van der Waals surface area (Å²) in [6, 6.07) is 14.8. The molecule has 0 amide bonds. The lowest BCUT2D eigenvalue weighted by atomic mass is 10.1. The molecule has 9 heteroatoms. The van der Waals surface area contributed by atoms with Crippen LogP contribution in [0.3, 0.4) is 0 Å². The van der Waals surface area contributed by atoms with E-state index < -0.39 is 0 Å². The third-order valence-corrected chi connectivity index (χ3v) is 4.76. The molecule has 0 aliphatic carbocycles. The molecular formula is C21H19ClN6O2. The molecule has 152 valence electrons. The van der Waals surface area contributed by atoms with E-state index >= 15 is 0 Å². The molecule has 4 aromatic rings. The number of aromatic nitrogens is 6. The van der Waals surface area contributed by atoms with Crippen LogP contribution < -0.4 is 10.4 Å². The Morgan fingerprint density at radius 2 is 1.90 bits per heavy atom. The number of halogens is 1. The van der Waals surface area contributed by atoms with Crippen molar-refractivity contribution in [3.8, 4) is 17.3 Å². The largest absolute Gasteiger partial charge is 0.472 e. The number of hydrogen-bond donors (Lipinski definition) is 0. The summed E-state index contributed by atoms with van der Waals surface area (Å²) in [6.07, 6.45) is 5.69. The van der Waals surface area contributed by atoms with E-state index in [4.69, 9.17) is 16.3 Å². The molecule has 0 aliphatic heterocycles. The molecule has 0 bridgehead atoms. The van der Waals surface area contributed by atoms with Gasteiger partial charge < -0.3 is 4.74 Å². The predicted molar refractivity (Wildman–Crippen MR) is 114 cm³/mol. The van der Waals surface area contributed by atoms with Crippen LogP contribution in [-0.2, 0) is 13.7 Å². The van der Waals surface area contributed by atoms with Gasteiger partial charge in [0, 0.05) is 29.9 Å². The van der Waals surface area contributed by atoms with Crippen molar-refractivity contribution in [1.29, 1.82) is 0 Å². The highest BCUT2D eigenvalue weighted by Crippen LogP contribution is 2.22. The first kappa shape index (κ1) is 19.7. The summed E-state index contributed by atoms with van der Waals surface area (Å²) in [7, 11) is 1.56. The second-order valence-corrected chi connectivity index (χ2v) is 6.94. The first-order chi connectivity index (χ1) is 14.6.